The second-order valence-corrected chi connectivity index (χ2v) is 14.0. The van der Waals surface area contributed by atoms with Gasteiger partial charge in [0.05, 0.1) is 36.2 Å². The van der Waals surface area contributed by atoms with Crippen molar-refractivity contribution in [3.8, 4) is 17.2 Å². The average molecular weight is 743 g/mol. The number of methoxy groups -OCH3 is 2. The van der Waals surface area contributed by atoms with Crippen LogP contribution in [0.1, 0.15) is 35.4 Å². The number of halogens is 1. The van der Waals surface area contributed by atoms with Crippen molar-refractivity contribution in [3.05, 3.63) is 129 Å². The average Bonchev–Trinajstić information content (AvgIpc) is 3.41. The molecule has 4 aliphatic rings. The molecule has 9 heteroatoms. The molecule has 4 aromatic carbocycles. The Morgan fingerprint density at radius 1 is 0.863 bits per heavy atom. The van der Waals surface area contributed by atoms with E-state index in [1.165, 1.54) is 11.0 Å². The van der Waals surface area contributed by atoms with Gasteiger partial charge in [-0.3, -0.25) is 24.1 Å². The third-order valence-corrected chi connectivity index (χ3v) is 11.2. The maximum absolute atomic E-state index is 14.4. The summed E-state index contributed by atoms with van der Waals surface area (Å²) < 4.78 is 11.0. The van der Waals surface area contributed by atoms with E-state index in [-0.39, 0.29) is 40.0 Å². The lowest BCUT2D eigenvalue weighted by Crippen LogP contribution is -2.39. The molecule has 1 saturated heterocycles. The van der Waals surface area contributed by atoms with Crippen LogP contribution >= 0.6 is 15.9 Å². The van der Waals surface area contributed by atoms with Gasteiger partial charge < -0.3 is 14.6 Å². The van der Waals surface area contributed by atoms with Crippen LogP contribution in [0, 0.1) is 17.8 Å². The molecule has 0 bridgehead atoms. The van der Waals surface area contributed by atoms with E-state index in [0.717, 1.165) is 27.5 Å². The second-order valence-electron chi connectivity index (χ2n) is 13.2. The summed E-state index contributed by atoms with van der Waals surface area (Å²) >= 11 is 3.28. The van der Waals surface area contributed by atoms with E-state index < -0.39 is 23.7 Å². The molecule has 0 saturated carbocycles. The Labute approximate surface area is 302 Å². The molecule has 3 aliphatic carbocycles. The summed E-state index contributed by atoms with van der Waals surface area (Å²) in [6, 6.07) is 23.7. The van der Waals surface area contributed by atoms with Gasteiger partial charge in [-0.15, -0.1) is 0 Å². The van der Waals surface area contributed by atoms with Gasteiger partial charge in [0.25, 0.3) is 0 Å². The number of carbonyl (C=O) groups excluding carboxylic acids is 4. The number of phenols is 1. The number of carbonyl (C=O) groups is 4. The number of ketones is 2. The first kappa shape index (κ1) is 32.7. The Bertz CT molecular complexity index is 2320. The highest BCUT2D eigenvalue weighted by molar-refractivity contribution is 9.12. The van der Waals surface area contributed by atoms with Gasteiger partial charge in [0.2, 0.25) is 11.8 Å². The molecular weight excluding hydrogens is 710 g/mol. The summed E-state index contributed by atoms with van der Waals surface area (Å²) in [7, 11) is 3.21. The van der Waals surface area contributed by atoms with Crippen LogP contribution in [0.15, 0.2) is 112 Å². The number of hydrogen-bond donors (Lipinski definition) is 1. The van der Waals surface area contributed by atoms with E-state index in [0.29, 0.717) is 40.3 Å². The molecule has 254 valence electrons. The molecule has 2 amide bonds. The Morgan fingerprint density at radius 2 is 1.65 bits per heavy atom. The van der Waals surface area contributed by atoms with Crippen molar-refractivity contribution in [2.75, 3.05) is 19.1 Å². The lowest BCUT2D eigenvalue weighted by Gasteiger charge is -2.42. The number of hydrogen-bond acceptors (Lipinski definition) is 7. The molecule has 51 heavy (non-hydrogen) atoms. The van der Waals surface area contributed by atoms with Crippen molar-refractivity contribution >= 4 is 67.9 Å². The highest BCUT2D eigenvalue weighted by Gasteiger charge is 2.57. The summed E-state index contributed by atoms with van der Waals surface area (Å²) in [5.74, 6) is -2.51. The first-order valence-electron chi connectivity index (χ1n) is 16.7. The summed E-state index contributed by atoms with van der Waals surface area (Å²) in [4.78, 5) is 57.1. The van der Waals surface area contributed by atoms with Crippen LogP contribution in [0.4, 0.5) is 5.69 Å². The minimum Gasteiger partial charge on any atom is -0.508 e. The number of aromatic hydroxyl groups is 1. The van der Waals surface area contributed by atoms with Crippen molar-refractivity contribution < 1.29 is 33.8 Å². The summed E-state index contributed by atoms with van der Waals surface area (Å²) in [5.41, 5.74) is 4.09. The molecule has 1 N–H and O–H groups in total. The number of imide groups is 1. The molecule has 8 rings (SSSR count). The molecule has 4 aromatic rings. The van der Waals surface area contributed by atoms with Crippen LogP contribution < -0.4 is 14.4 Å². The van der Waals surface area contributed by atoms with Crippen molar-refractivity contribution in [2.24, 2.45) is 17.8 Å². The Morgan fingerprint density at radius 3 is 2.41 bits per heavy atom. The molecule has 0 aromatic heterocycles. The number of anilines is 1. The molecule has 1 heterocycles. The van der Waals surface area contributed by atoms with Gasteiger partial charge in [0, 0.05) is 34.3 Å². The smallest absolute Gasteiger partial charge is 0.238 e. The molecule has 0 unspecified atom stereocenters. The van der Waals surface area contributed by atoms with Crippen LogP contribution in [0.3, 0.4) is 0 Å². The van der Waals surface area contributed by atoms with Crippen LogP contribution in [0.25, 0.3) is 22.9 Å². The van der Waals surface area contributed by atoms with E-state index >= 15 is 0 Å². The molecule has 1 aliphatic heterocycles. The van der Waals surface area contributed by atoms with E-state index in [2.05, 4.69) is 15.9 Å². The topological polar surface area (TPSA) is 110 Å². The first-order valence-corrected chi connectivity index (χ1v) is 17.5. The second kappa shape index (κ2) is 12.7. The van der Waals surface area contributed by atoms with Crippen LogP contribution in [-0.4, -0.2) is 42.7 Å². The first-order chi connectivity index (χ1) is 24.7. The Hall–Kier alpha value is -5.54. The van der Waals surface area contributed by atoms with Gasteiger partial charge in [-0.05, 0) is 87.4 Å². The summed E-state index contributed by atoms with van der Waals surface area (Å²) in [6.07, 6.45) is 7.51. The lowest BCUT2D eigenvalue weighted by molar-refractivity contribution is -0.123. The van der Waals surface area contributed by atoms with Crippen molar-refractivity contribution in [1.29, 1.82) is 0 Å². The molecule has 4 atom stereocenters. The lowest BCUT2D eigenvalue weighted by atomic mass is 9.59. The monoisotopic (exact) mass is 741 g/mol. The van der Waals surface area contributed by atoms with Crippen molar-refractivity contribution in [1.82, 2.24) is 0 Å². The number of Topliss-reactive ketones (excluding diaryl/α,β-unsaturated/α-hetero) is 1. The zero-order chi connectivity index (χ0) is 35.6. The van der Waals surface area contributed by atoms with Gasteiger partial charge in [-0.2, -0.15) is 0 Å². The van der Waals surface area contributed by atoms with E-state index in [9.17, 15) is 24.3 Å². The predicted octanol–water partition coefficient (Wildman–Crippen LogP) is 7.70. The normalized spacial score (nSPS) is 22.9. The molecule has 0 radical (unpaired) electrons. The highest BCUT2D eigenvalue weighted by Crippen LogP contribution is 2.57. The summed E-state index contributed by atoms with van der Waals surface area (Å²) in [5, 5.41) is 13.0. The number of phenolic OH excluding ortho intramolecular Hbond substituents is 1. The number of allylic oxidation sites excluding steroid dienone is 6. The zero-order valence-corrected chi connectivity index (χ0v) is 29.3. The number of benzene rings is 4. The largest absolute Gasteiger partial charge is 0.508 e. The minimum atomic E-state index is -0.759. The van der Waals surface area contributed by atoms with Gasteiger partial charge in [-0.1, -0.05) is 66.3 Å². The minimum absolute atomic E-state index is 0.00229. The number of fused-ring (bicyclic) bond motifs is 4. The van der Waals surface area contributed by atoms with E-state index in [4.69, 9.17) is 9.47 Å². The van der Waals surface area contributed by atoms with E-state index in [1.54, 1.807) is 32.4 Å². The van der Waals surface area contributed by atoms with Crippen LogP contribution in [-0.2, 0) is 19.2 Å². The van der Waals surface area contributed by atoms with Crippen LogP contribution in [0.5, 0.6) is 17.2 Å². The Kier molecular flexibility index (Phi) is 8.10. The van der Waals surface area contributed by atoms with Gasteiger partial charge in [0.1, 0.15) is 17.2 Å². The SMILES string of the molecule is COc1ccc(OC)c(C=Cc2ccc(N3C(=O)[C@H]4[C@H](CC=C5[C@H](c6c(O)ccc7ccccc67)C6=C(C[C@H]54)C(=O)C(Br)=CC6=O)C3=O)cc2)c1. The molecule has 0 spiro atoms. The van der Waals surface area contributed by atoms with Crippen LogP contribution in [0.2, 0.25) is 0 Å². The van der Waals surface area contributed by atoms with Crippen molar-refractivity contribution in [2.45, 2.75) is 18.8 Å². The fourth-order valence-corrected chi connectivity index (χ4v) is 8.72. The molecular formula is C42H32BrNO7. The quantitative estimate of drug-likeness (QED) is 0.0934. The number of nitrogens with zero attached hydrogens (tertiary/aromatic N) is 1. The third-order valence-electron chi connectivity index (χ3n) is 10.6. The fraction of sp³-hybridized carbons (Fsp3) is 0.190. The van der Waals surface area contributed by atoms with Crippen molar-refractivity contribution in [3.63, 3.8) is 0 Å². The van der Waals surface area contributed by atoms with Gasteiger partial charge in [-0.25, -0.2) is 0 Å². The predicted molar refractivity (Wildman–Crippen MR) is 198 cm³/mol. The molecule has 1 fully saturated rings. The highest BCUT2D eigenvalue weighted by atomic mass is 79.9. The fourth-order valence-electron chi connectivity index (χ4n) is 8.27. The Balaban J connectivity index is 1.15. The number of ether oxygens (including phenoxy) is 2. The van der Waals surface area contributed by atoms with Gasteiger partial charge in [0.15, 0.2) is 11.6 Å². The van der Waals surface area contributed by atoms with Gasteiger partial charge >= 0.3 is 0 Å². The van der Waals surface area contributed by atoms with E-state index in [1.807, 2.05) is 78.9 Å². The standard InChI is InChI=1S/C42H32BrNO7/c1-50-26-14-18-35(51-2)24(19-26)10-7-22-8-12-25(13-9-22)44-41(48)29-16-15-28-30(36(29)42(44)49)20-31-38(34(46)21-32(43)40(31)47)39(28)37-27-6-4-3-5-23(27)11-17-33(37)45/h3-15,17-19,21,29-30,36,39,45H,16,20H2,1-2H3/t29-,30+,36-,39+/m0/s1. The zero-order valence-electron chi connectivity index (χ0n) is 27.8. The number of amides is 2. The maximum atomic E-state index is 14.4. The number of rotatable bonds is 6. The third kappa shape index (κ3) is 5.26. The summed E-state index contributed by atoms with van der Waals surface area (Å²) in [6.45, 7) is 0. The maximum Gasteiger partial charge on any atom is 0.238 e. The molecule has 8 nitrogen and oxygen atoms in total.